The van der Waals surface area contributed by atoms with Crippen LogP contribution < -0.4 is 0 Å². The lowest BCUT2D eigenvalue weighted by Crippen LogP contribution is -2.07. The summed E-state index contributed by atoms with van der Waals surface area (Å²) in [7, 11) is 0. The standard InChI is InChI=1S/C4H9.2C2H5.Al/c1-3-4-2;2*1-2;/h1,3-4H2,2H3;2*1H2,2H3;. The molecule has 0 spiro atoms. The minimum Gasteiger partial charge on any atom is -0.0967 e. The first kappa shape index (κ1) is 9.53. The lowest BCUT2D eigenvalue weighted by atomic mass is 10.4. The van der Waals surface area contributed by atoms with Gasteiger partial charge in [-0.15, -0.1) is 0 Å². The Morgan fingerprint density at radius 2 is 1.56 bits per heavy atom. The lowest BCUT2D eigenvalue weighted by Gasteiger charge is -2.02. The van der Waals surface area contributed by atoms with E-state index in [1.807, 2.05) is 0 Å². The summed E-state index contributed by atoms with van der Waals surface area (Å²) >= 11 is -0.210. The summed E-state index contributed by atoms with van der Waals surface area (Å²) in [5.74, 6) is 0. The average Bonchev–Trinajstić information content (AvgIpc) is 1.91. The zero-order valence-corrected chi connectivity index (χ0v) is 8.27. The van der Waals surface area contributed by atoms with Crippen LogP contribution in [0.1, 0.15) is 33.6 Å². The highest BCUT2D eigenvalue weighted by Crippen LogP contribution is 2.08. The monoisotopic (exact) mass is 142 g/mol. The molecule has 0 rings (SSSR count). The first-order chi connectivity index (χ1) is 4.35. The Morgan fingerprint density at radius 1 is 1.00 bits per heavy atom. The molecule has 0 radical (unpaired) electrons. The number of hydrogen-bond donors (Lipinski definition) is 0. The molecule has 54 valence electrons. The first-order valence-electron chi connectivity index (χ1n) is 4.35. The Morgan fingerprint density at radius 3 is 1.89 bits per heavy atom. The third-order valence-electron chi connectivity index (χ3n) is 2.12. The van der Waals surface area contributed by atoms with Crippen LogP contribution in [0.5, 0.6) is 0 Å². The molecule has 0 aromatic carbocycles. The van der Waals surface area contributed by atoms with Crippen molar-refractivity contribution in [3.05, 3.63) is 0 Å². The maximum atomic E-state index is 2.36. The summed E-state index contributed by atoms with van der Waals surface area (Å²) in [4.78, 5) is 0. The van der Waals surface area contributed by atoms with Gasteiger partial charge in [0.2, 0.25) is 0 Å². The molecule has 0 aromatic rings. The highest BCUT2D eigenvalue weighted by Gasteiger charge is 2.09. The molecule has 0 amide bonds. The Labute approximate surface area is 64.0 Å². The van der Waals surface area contributed by atoms with Crippen molar-refractivity contribution in [1.29, 1.82) is 0 Å². The summed E-state index contributed by atoms with van der Waals surface area (Å²) in [5.41, 5.74) is 0. The van der Waals surface area contributed by atoms with Gasteiger partial charge in [-0.1, -0.05) is 49.5 Å². The predicted octanol–water partition coefficient (Wildman–Crippen LogP) is 3.32. The summed E-state index contributed by atoms with van der Waals surface area (Å²) < 4.78 is 0. The van der Waals surface area contributed by atoms with Crippen molar-refractivity contribution in [2.45, 2.75) is 49.5 Å². The molecule has 0 nitrogen and oxygen atoms in total. The molecule has 0 saturated carbocycles. The molecule has 0 aliphatic rings. The maximum Gasteiger partial charge on any atom is 0.261 e. The van der Waals surface area contributed by atoms with E-state index >= 15 is 0 Å². The van der Waals surface area contributed by atoms with E-state index in [2.05, 4.69) is 20.8 Å². The zero-order chi connectivity index (χ0) is 7.11. The minimum absolute atomic E-state index is 0.210. The molecule has 0 heterocycles. The van der Waals surface area contributed by atoms with Crippen LogP contribution in [0.25, 0.3) is 0 Å². The highest BCUT2D eigenvalue weighted by molar-refractivity contribution is 6.58. The van der Waals surface area contributed by atoms with Crippen LogP contribution in [-0.2, 0) is 0 Å². The van der Waals surface area contributed by atoms with Crippen LogP contribution in [-0.4, -0.2) is 14.1 Å². The molecule has 0 bridgehead atoms. The molecule has 0 aliphatic heterocycles. The second-order valence-electron chi connectivity index (χ2n) is 2.82. The molecule has 0 unspecified atom stereocenters. The molecular formula is C8H19Al. The molecule has 0 aromatic heterocycles. The zero-order valence-electron chi connectivity index (χ0n) is 7.11. The molecule has 0 atom stereocenters. The fourth-order valence-corrected chi connectivity index (χ4v) is 3.57. The van der Waals surface area contributed by atoms with Crippen molar-refractivity contribution >= 4 is 14.1 Å². The summed E-state index contributed by atoms with van der Waals surface area (Å²) in [5, 5.41) is 4.61. The van der Waals surface area contributed by atoms with Crippen LogP contribution in [0.2, 0.25) is 15.8 Å². The Kier molecular flexibility index (Phi) is 7.04. The fourth-order valence-electron chi connectivity index (χ4n) is 1.19. The maximum absolute atomic E-state index is 2.36. The van der Waals surface area contributed by atoms with Crippen molar-refractivity contribution in [3.63, 3.8) is 0 Å². The van der Waals surface area contributed by atoms with Gasteiger partial charge in [-0.05, 0) is 0 Å². The molecule has 0 fully saturated rings. The molecule has 0 saturated heterocycles. The van der Waals surface area contributed by atoms with Crippen LogP contribution in [0.15, 0.2) is 0 Å². The fraction of sp³-hybridized carbons (Fsp3) is 1.00. The smallest absolute Gasteiger partial charge is 0.0967 e. The van der Waals surface area contributed by atoms with Gasteiger partial charge in [-0.25, -0.2) is 0 Å². The van der Waals surface area contributed by atoms with E-state index < -0.39 is 0 Å². The third-order valence-corrected chi connectivity index (χ3v) is 5.65. The quantitative estimate of drug-likeness (QED) is 0.516. The molecule has 1 heteroatoms. The van der Waals surface area contributed by atoms with Gasteiger partial charge in [0, 0.05) is 0 Å². The van der Waals surface area contributed by atoms with Gasteiger partial charge in [0.25, 0.3) is 14.1 Å². The van der Waals surface area contributed by atoms with Gasteiger partial charge in [0.1, 0.15) is 0 Å². The average molecular weight is 142 g/mol. The van der Waals surface area contributed by atoms with Crippen molar-refractivity contribution in [2.75, 3.05) is 0 Å². The van der Waals surface area contributed by atoms with Crippen molar-refractivity contribution < 1.29 is 0 Å². The summed E-state index contributed by atoms with van der Waals surface area (Å²) in [6.45, 7) is 7.00. The minimum atomic E-state index is -0.210. The van der Waals surface area contributed by atoms with E-state index in [0.29, 0.717) is 0 Å². The van der Waals surface area contributed by atoms with E-state index in [0.717, 1.165) is 0 Å². The molecular weight excluding hydrogens is 123 g/mol. The van der Waals surface area contributed by atoms with Crippen molar-refractivity contribution in [1.82, 2.24) is 0 Å². The predicted molar refractivity (Wildman–Crippen MR) is 46.4 cm³/mol. The summed E-state index contributed by atoms with van der Waals surface area (Å²) in [6.07, 6.45) is 2.88. The molecule has 0 N–H and O–H groups in total. The second kappa shape index (κ2) is 6.65. The van der Waals surface area contributed by atoms with E-state index in [1.165, 1.54) is 23.4 Å². The number of unbranched alkanes of at least 4 members (excludes halogenated alkanes) is 1. The van der Waals surface area contributed by atoms with E-state index in [-0.39, 0.29) is 14.1 Å². The lowest BCUT2D eigenvalue weighted by molar-refractivity contribution is 0.868. The van der Waals surface area contributed by atoms with Gasteiger partial charge in [0.15, 0.2) is 0 Å². The Bertz CT molecular complexity index is 48.5. The van der Waals surface area contributed by atoms with E-state index in [4.69, 9.17) is 0 Å². The Balaban J connectivity index is 3.09. The topological polar surface area (TPSA) is 0 Å². The van der Waals surface area contributed by atoms with E-state index in [1.54, 1.807) is 5.28 Å². The highest BCUT2D eigenvalue weighted by atomic mass is 27.2. The van der Waals surface area contributed by atoms with Crippen LogP contribution in [0.3, 0.4) is 0 Å². The van der Waals surface area contributed by atoms with Crippen LogP contribution in [0.4, 0.5) is 0 Å². The third kappa shape index (κ3) is 5.00. The van der Waals surface area contributed by atoms with Gasteiger partial charge in [-0.3, -0.25) is 0 Å². The van der Waals surface area contributed by atoms with E-state index in [9.17, 15) is 0 Å². The molecule has 9 heavy (non-hydrogen) atoms. The van der Waals surface area contributed by atoms with Gasteiger partial charge in [-0.2, -0.15) is 0 Å². The Hall–Kier alpha value is 0.532. The first-order valence-corrected chi connectivity index (χ1v) is 6.80. The van der Waals surface area contributed by atoms with Gasteiger partial charge in [0.05, 0.1) is 0 Å². The van der Waals surface area contributed by atoms with Gasteiger partial charge >= 0.3 is 0 Å². The number of rotatable bonds is 5. The summed E-state index contributed by atoms with van der Waals surface area (Å²) in [6, 6.07) is 0. The largest absolute Gasteiger partial charge is 0.261 e. The number of hydrogen-bond acceptors (Lipinski definition) is 0. The SMILES string of the molecule is CCC[CH2][Al]([CH2]C)[CH2]C. The van der Waals surface area contributed by atoms with Crippen LogP contribution in [0, 0.1) is 0 Å². The van der Waals surface area contributed by atoms with Crippen LogP contribution >= 0.6 is 0 Å². The second-order valence-corrected chi connectivity index (χ2v) is 6.77. The van der Waals surface area contributed by atoms with Crippen molar-refractivity contribution in [2.24, 2.45) is 0 Å². The molecule has 0 aliphatic carbocycles. The normalized spacial score (nSPS) is 9.67. The van der Waals surface area contributed by atoms with Crippen molar-refractivity contribution in [3.8, 4) is 0 Å². The van der Waals surface area contributed by atoms with Gasteiger partial charge < -0.3 is 0 Å².